The van der Waals surface area contributed by atoms with Crippen LogP contribution in [0.5, 0.6) is 0 Å². The Balaban J connectivity index is 0.00000256. The summed E-state index contributed by atoms with van der Waals surface area (Å²) in [7, 11) is 0. The van der Waals surface area contributed by atoms with Crippen molar-refractivity contribution >= 4 is 35.6 Å². The zero-order valence-corrected chi connectivity index (χ0v) is 19.6. The van der Waals surface area contributed by atoms with Crippen LogP contribution < -0.4 is 5.32 Å². The van der Waals surface area contributed by atoms with E-state index in [1.54, 1.807) is 6.26 Å². The van der Waals surface area contributed by atoms with Crippen LogP contribution >= 0.6 is 24.0 Å². The Morgan fingerprint density at radius 2 is 2.03 bits per heavy atom. The molecule has 0 radical (unpaired) electrons. The maximum atomic E-state index is 4.93. The van der Waals surface area contributed by atoms with Crippen molar-refractivity contribution in [2.24, 2.45) is 4.99 Å². The van der Waals surface area contributed by atoms with E-state index in [9.17, 15) is 0 Å². The van der Waals surface area contributed by atoms with E-state index in [-0.39, 0.29) is 24.0 Å². The second kappa shape index (κ2) is 11.3. The van der Waals surface area contributed by atoms with Crippen LogP contribution in [0.3, 0.4) is 0 Å². The van der Waals surface area contributed by atoms with Crippen molar-refractivity contribution in [2.45, 2.75) is 26.3 Å². The molecule has 4 rings (SSSR count). The molecule has 0 amide bonds. The Morgan fingerprint density at radius 1 is 1.17 bits per heavy atom. The van der Waals surface area contributed by atoms with Gasteiger partial charge in [-0.3, -0.25) is 14.3 Å². The monoisotopic (exact) mass is 524 g/mol. The van der Waals surface area contributed by atoms with Crippen molar-refractivity contribution in [3.63, 3.8) is 0 Å². The zero-order chi connectivity index (χ0) is 19.9. The first kappa shape index (κ1) is 22.5. The number of hydrogen-bond donors (Lipinski definition) is 1. The highest BCUT2D eigenvalue weighted by Gasteiger charge is 2.20. The fourth-order valence-corrected chi connectivity index (χ4v) is 3.58. The number of halogens is 1. The van der Waals surface area contributed by atoms with E-state index in [1.165, 1.54) is 0 Å². The molecular formula is C20H29IN8O. The number of nitrogens with one attached hydrogen (secondary N) is 1. The molecule has 9 nitrogen and oxygen atoms in total. The smallest absolute Gasteiger partial charge is 0.194 e. The minimum atomic E-state index is 0. The van der Waals surface area contributed by atoms with E-state index in [1.807, 2.05) is 34.9 Å². The number of aromatic nitrogens is 4. The number of guanidine groups is 1. The third-order valence-electron chi connectivity index (χ3n) is 5.09. The molecule has 30 heavy (non-hydrogen) atoms. The summed E-state index contributed by atoms with van der Waals surface area (Å²) in [6.45, 7) is 8.47. The van der Waals surface area contributed by atoms with Crippen LogP contribution in [-0.4, -0.2) is 74.8 Å². The van der Waals surface area contributed by atoms with Crippen LogP contribution in [-0.2, 0) is 13.0 Å². The third-order valence-corrected chi connectivity index (χ3v) is 5.09. The maximum Gasteiger partial charge on any atom is 0.194 e. The molecule has 0 spiro atoms. The van der Waals surface area contributed by atoms with Crippen molar-refractivity contribution in [2.75, 3.05) is 39.3 Å². The van der Waals surface area contributed by atoms with Gasteiger partial charge in [0.1, 0.15) is 12.1 Å². The summed E-state index contributed by atoms with van der Waals surface area (Å²) in [5.74, 6) is 1.99. The summed E-state index contributed by atoms with van der Waals surface area (Å²) in [5, 5.41) is 15.9. The van der Waals surface area contributed by atoms with Gasteiger partial charge in [0.2, 0.25) is 0 Å². The molecule has 0 aromatic carbocycles. The fourth-order valence-electron chi connectivity index (χ4n) is 3.58. The topological polar surface area (TPSA) is 87.1 Å². The summed E-state index contributed by atoms with van der Waals surface area (Å²) in [5.41, 5.74) is 1.88. The number of fused-ring (bicyclic) bond motifs is 1. The molecule has 3 aromatic heterocycles. The lowest BCUT2D eigenvalue weighted by Gasteiger charge is -2.36. The lowest BCUT2D eigenvalue weighted by Crippen LogP contribution is -2.52. The van der Waals surface area contributed by atoms with Crippen LogP contribution in [0.25, 0.3) is 5.65 Å². The standard InChI is InChI=1S/C20H28N8O.HI/c1-2-21-20(27-13-11-26(12-14-27)16-17-8-15-29-25-17)22-9-5-7-19-24-23-18-6-3-4-10-28(18)19;/h3-4,6,8,10,15H,2,5,7,9,11-14,16H2,1H3,(H,21,22);1H. The lowest BCUT2D eigenvalue weighted by atomic mass is 10.3. The number of rotatable bonds is 7. The second-order valence-corrected chi connectivity index (χ2v) is 7.14. The van der Waals surface area contributed by atoms with Crippen LogP contribution in [0, 0.1) is 0 Å². The Bertz CT molecular complexity index is 918. The molecule has 0 saturated carbocycles. The Kier molecular flexibility index (Phi) is 8.43. The first-order valence-corrected chi connectivity index (χ1v) is 10.3. The van der Waals surface area contributed by atoms with Crippen LogP contribution in [0.15, 0.2) is 46.2 Å². The molecule has 1 aliphatic heterocycles. The Hall–Kier alpha value is -2.21. The van der Waals surface area contributed by atoms with Crippen molar-refractivity contribution < 1.29 is 4.52 Å². The van der Waals surface area contributed by atoms with Gasteiger partial charge in [0.25, 0.3) is 0 Å². The summed E-state index contributed by atoms with van der Waals surface area (Å²) >= 11 is 0. The van der Waals surface area contributed by atoms with Crippen LogP contribution in [0.1, 0.15) is 24.9 Å². The van der Waals surface area contributed by atoms with E-state index < -0.39 is 0 Å². The van der Waals surface area contributed by atoms with E-state index >= 15 is 0 Å². The molecule has 10 heteroatoms. The van der Waals surface area contributed by atoms with Crippen molar-refractivity contribution in [3.8, 4) is 0 Å². The second-order valence-electron chi connectivity index (χ2n) is 7.14. The van der Waals surface area contributed by atoms with Crippen LogP contribution in [0.4, 0.5) is 0 Å². The van der Waals surface area contributed by atoms with Gasteiger partial charge in [0, 0.05) is 64.5 Å². The SMILES string of the molecule is CCNC(=NCCCc1nnc2ccccn12)N1CCN(Cc2ccon2)CC1.I. The largest absolute Gasteiger partial charge is 0.364 e. The highest BCUT2D eigenvalue weighted by atomic mass is 127. The van der Waals surface area contributed by atoms with Gasteiger partial charge >= 0.3 is 0 Å². The van der Waals surface area contributed by atoms with E-state index in [0.717, 1.165) is 81.8 Å². The molecule has 1 saturated heterocycles. The molecule has 1 aliphatic rings. The minimum Gasteiger partial charge on any atom is -0.364 e. The molecule has 1 fully saturated rings. The molecule has 3 aromatic rings. The quantitative estimate of drug-likeness (QED) is 0.219. The van der Waals surface area contributed by atoms with Crippen molar-refractivity contribution in [1.82, 2.24) is 34.9 Å². The van der Waals surface area contributed by atoms with Crippen molar-refractivity contribution in [3.05, 3.63) is 48.2 Å². The Labute approximate surface area is 193 Å². The molecule has 4 heterocycles. The molecule has 162 valence electrons. The molecular weight excluding hydrogens is 495 g/mol. The van der Waals surface area contributed by atoms with Crippen LogP contribution in [0.2, 0.25) is 0 Å². The van der Waals surface area contributed by atoms with Gasteiger partial charge in [0.15, 0.2) is 11.6 Å². The lowest BCUT2D eigenvalue weighted by molar-refractivity contribution is 0.169. The first-order valence-electron chi connectivity index (χ1n) is 10.3. The number of aliphatic imine (C=N–C) groups is 1. The van der Waals surface area contributed by atoms with Gasteiger partial charge in [0.05, 0.1) is 5.69 Å². The normalized spacial score (nSPS) is 15.4. The molecule has 0 bridgehead atoms. The maximum absolute atomic E-state index is 4.93. The summed E-state index contributed by atoms with van der Waals surface area (Å²) in [4.78, 5) is 9.59. The van der Waals surface area contributed by atoms with Gasteiger partial charge in [-0.1, -0.05) is 11.2 Å². The average molecular weight is 524 g/mol. The predicted octanol–water partition coefficient (Wildman–Crippen LogP) is 2.05. The van der Waals surface area contributed by atoms with Crippen molar-refractivity contribution in [1.29, 1.82) is 0 Å². The van der Waals surface area contributed by atoms with Gasteiger partial charge in [-0.05, 0) is 25.5 Å². The fraction of sp³-hybridized carbons (Fsp3) is 0.500. The van der Waals surface area contributed by atoms with E-state index in [4.69, 9.17) is 9.52 Å². The minimum absolute atomic E-state index is 0. The average Bonchev–Trinajstić information content (AvgIpc) is 3.41. The first-order chi connectivity index (χ1) is 14.3. The summed E-state index contributed by atoms with van der Waals surface area (Å²) in [6, 6.07) is 7.88. The van der Waals surface area contributed by atoms with Gasteiger partial charge in [-0.15, -0.1) is 34.2 Å². The predicted molar refractivity (Wildman–Crippen MR) is 126 cm³/mol. The molecule has 0 atom stereocenters. The number of aryl methyl sites for hydroxylation is 1. The molecule has 1 N–H and O–H groups in total. The Morgan fingerprint density at radius 3 is 2.80 bits per heavy atom. The van der Waals surface area contributed by atoms with E-state index in [2.05, 4.69) is 37.4 Å². The van der Waals surface area contributed by atoms with Gasteiger partial charge < -0.3 is 14.7 Å². The van der Waals surface area contributed by atoms with Gasteiger partial charge in [-0.25, -0.2) is 0 Å². The number of hydrogen-bond acceptors (Lipinski definition) is 6. The zero-order valence-electron chi connectivity index (χ0n) is 17.3. The van der Waals surface area contributed by atoms with Gasteiger partial charge in [-0.2, -0.15) is 0 Å². The molecule has 0 unspecified atom stereocenters. The summed E-state index contributed by atoms with van der Waals surface area (Å²) in [6.07, 6.45) is 5.44. The number of nitrogens with zero attached hydrogens (tertiary/aromatic N) is 7. The van der Waals surface area contributed by atoms with E-state index in [0.29, 0.717) is 0 Å². The highest BCUT2D eigenvalue weighted by Crippen LogP contribution is 2.08. The number of piperazine rings is 1. The number of pyridine rings is 1. The third kappa shape index (κ3) is 5.69. The molecule has 0 aliphatic carbocycles. The summed E-state index contributed by atoms with van der Waals surface area (Å²) < 4.78 is 6.97. The highest BCUT2D eigenvalue weighted by molar-refractivity contribution is 14.0.